The Morgan fingerprint density at radius 1 is 1.36 bits per heavy atom. The van der Waals surface area contributed by atoms with Gasteiger partial charge in [0.05, 0.1) is 5.92 Å². The van der Waals surface area contributed by atoms with Crippen molar-refractivity contribution in [1.82, 2.24) is 0 Å². The SMILES string of the molecule is C=C1C(=O)O[C@@H]2C3C(C)=CC(=O)C3=C(C)C[C@H](OC(=O)/C(C)=C\C)[C@@H]12. The van der Waals surface area contributed by atoms with Crippen LogP contribution in [0, 0.1) is 11.8 Å². The van der Waals surface area contributed by atoms with E-state index in [1.165, 1.54) is 0 Å². The number of ether oxygens (including phenoxy) is 2. The highest BCUT2D eigenvalue weighted by Crippen LogP contribution is 2.48. The summed E-state index contributed by atoms with van der Waals surface area (Å²) in [6, 6.07) is 0. The lowest BCUT2D eigenvalue weighted by Gasteiger charge is -2.28. The molecule has 1 heterocycles. The summed E-state index contributed by atoms with van der Waals surface area (Å²) in [6.45, 7) is 11.0. The van der Waals surface area contributed by atoms with Crippen molar-refractivity contribution in [2.24, 2.45) is 11.8 Å². The van der Waals surface area contributed by atoms with Crippen LogP contribution in [-0.4, -0.2) is 29.9 Å². The van der Waals surface area contributed by atoms with Gasteiger partial charge in [0.15, 0.2) is 5.78 Å². The Morgan fingerprint density at radius 2 is 2.04 bits per heavy atom. The Hall–Kier alpha value is -2.43. The Kier molecular flexibility index (Phi) is 4.27. The third-order valence-electron chi connectivity index (χ3n) is 5.40. The zero-order valence-electron chi connectivity index (χ0n) is 14.9. The quantitative estimate of drug-likeness (QED) is 0.570. The van der Waals surface area contributed by atoms with Crippen LogP contribution < -0.4 is 0 Å². The van der Waals surface area contributed by atoms with Crippen LogP contribution in [0.1, 0.15) is 34.1 Å². The Labute approximate surface area is 147 Å². The summed E-state index contributed by atoms with van der Waals surface area (Å²) < 4.78 is 11.3. The first-order valence-corrected chi connectivity index (χ1v) is 8.42. The number of ketones is 1. The minimum Gasteiger partial charge on any atom is -0.458 e. The number of fused-ring (bicyclic) bond motifs is 3. The second-order valence-corrected chi connectivity index (χ2v) is 6.96. The maximum absolute atomic E-state index is 12.4. The summed E-state index contributed by atoms with van der Waals surface area (Å²) in [5.74, 6) is -1.70. The lowest BCUT2D eigenvalue weighted by Crippen LogP contribution is -2.36. The van der Waals surface area contributed by atoms with Gasteiger partial charge in [0.1, 0.15) is 12.2 Å². The van der Waals surface area contributed by atoms with E-state index in [4.69, 9.17) is 9.47 Å². The molecule has 5 nitrogen and oxygen atoms in total. The second-order valence-electron chi connectivity index (χ2n) is 6.96. The summed E-state index contributed by atoms with van der Waals surface area (Å²) in [6.07, 6.45) is 2.53. The molecule has 4 atom stereocenters. The normalized spacial score (nSPS) is 32.1. The molecule has 1 unspecified atom stereocenters. The average molecular weight is 342 g/mol. The first-order chi connectivity index (χ1) is 11.8. The largest absolute Gasteiger partial charge is 0.458 e. The zero-order chi connectivity index (χ0) is 18.5. The lowest BCUT2D eigenvalue weighted by molar-refractivity contribution is -0.148. The highest BCUT2D eigenvalue weighted by Gasteiger charge is 2.53. The third kappa shape index (κ3) is 2.68. The van der Waals surface area contributed by atoms with Gasteiger partial charge in [-0.05, 0) is 33.8 Å². The van der Waals surface area contributed by atoms with Crippen molar-refractivity contribution in [3.8, 4) is 0 Å². The van der Waals surface area contributed by atoms with Gasteiger partial charge in [-0.3, -0.25) is 4.79 Å². The van der Waals surface area contributed by atoms with Gasteiger partial charge in [0.2, 0.25) is 0 Å². The molecule has 0 aromatic heterocycles. The summed E-state index contributed by atoms with van der Waals surface area (Å²) in [4.78, 5) is 36.8. The number of hydrogen-bond donors (Lipinski definition) is 0. The Balaban J connectivity index is 2.04. The summed E-state index contributed by atoms with van der Waals surface area (Å²) in [5.41, 5.74) is 3.21. The van der Waals surface area contributed by atoms with Gasteiger partial charge >= 0.3 is 11.9 Å². The number of carbonyl (C=O) groups is 3. The zero-order valence-corrected chi connectivity index (χ0v) is 14.9. The average Bonchev–Trinajstić information content (AvgIpc) is 2.96. The number of rotatable bonds is 2. The molecule has 0 bridgehead atoms. The van der Waals surface area contributed by atoms with E-state index in [9.17, 15) is 14.4 Å². The summed E-state index contributed by atoms with van der Waals surface area (Å²) >= 11 is 0. The van der Waals surface area contributed by atoms with Crippen LogP contribution in [0.5, 0.6) is 0 Å². The smallest absolute Gasteiger partial charge is 0.334 e. The molecule has 1 aliphatic heterocycles. The maximum atomic E-state index is 12.4. The van der Waals surface area contributed by atoms with Crippen LogP contribution in [0.25, 0.3) is 0 Å². The number of carbonyl (C=O) groups excluding carboxylic acids is 3. The van der Waals surface area contributed by atoms with E-state index < -0.39 is 30.1 Å². The molecule has 0 aromatic carbocycles. The van der Waals surface area contributed by atoms with Gasteiger partial charge < -0.3 is 9.47 Å². The van der Waals surface area contributed by atoms with Gasteiger partial charge in [0.25, 0.3) is 0 Å². The van der Waals surface area contributed by atoms with E-state index >= 15 is 0 Å². The fourth-order valence-corrected chi connectivity index (χ4v) is 3.97. The lowest BCUT2D eigenvalue weighted by atomic mass is 9.82. The minimum absolute atomic E-state index is 0.0519. The summed E-state index contributed by atoms with van der Waals surface area (Å²) in [7, 11) is 0. The molecule has 0 radical (unpaired) electrons. The molecule has 3 rings (SSSR count). The van der Waals surface area contributed by atoms with Gasteiger partial charge in [-0.1, -0.05) is 23.8 Å². The van der Waals surface area contributed by atoms with Crippen molar-refractivity contribution in [2.75, 3.05) is 0 Å². The molecule has 25 heavy (non-hydrogen) atoms. The molecule has 0 aromatic rings. The molecule has 0 saturated carbocycles. The van der Waals surface area contributed by atoms with Crippen LogP contribution in [0.3, 0.4) is 0 Å². The maximum Gasteiger partial charge on any atom is 0.334 e. The standard InChI is InChI=1S/C20H22O5/c1-6-9(2)19(22)24-14-8-11(4)15-13(21)7-10(3)16(15)18-17(14)12(5)20(23)25-18/h6-7,14,16-18H,5,8H2,1-4H3/b9-6-/t14-,16?,17+,18+/m0/s1. The molecule has 5 heteroatoms. The van der Waals surface area contributed by atoms with Crippen LogP contribution >= 0.6 is 0 Å². The van der Waals surface area contributed by atoms with Crippen LogP contribution in [0.4, 0.5) is 0 Å². The third-order valence-corrected chi connectivity index (χ3v) is 5.40. The highest BCUT2D eigenvalue weighted by molar-refractivity contribution is 6.09. The van der Waals surface area contributed by atoms with Crippen molar-refractivity contribution < 1.29 is 23.9 Å². The summed E-state index contributed by atoms with van der Waals surface area (Å²) in [5, 5.41) is 0. The molecule has 1 saturated heterocycles. The Bertz CT molecular complexity index is 780. The second kappa shape index (κ2) is 6.14. The number of allylic oxidation sites excluding steroid dienone is 2. The van der Waals surface area contributed by atoms with Crippen molar-refractivity contribution in [1.29, 1.82) is 0 Å². The van der Waals surface area contributed by atoms with Gasteiger partial charge in [-0.2, -0.15) is 0 Å². The fourth-order valence-electron chi connectivity index (χ4n) is 3.97. The van der Waals surface area contributed by atoms with Gasteiger partial charge in [-0.25, -0.2) is 9.59 Å². The molecular weight excluding hydrogens is 320 g/mol. The van der Waals surface area contributed by atoms with Crippen molar-refractivity contribution in [3.63, 3.8) is 0 Å². The van der Waals surface area contributed by atoms with Crippen LogP contribution in [-0.2, 0) is 23.9 Å². The molecule has 1 fully saturated rings. The first kappa shape index (κ1) is 17.4. The number of esters is 2. The molecule has 3 aliphatic rings. The molecule has 2 aliphatic carbocycles. The number of hydrogen-bond acceptors (Lipinski definition) is 5. The van der Waals surface area contributed by atoms with E-state index in [0.717, 1.165) is 11.1 Å². The highest BCUT2D eigenvalue weighted by atomic mass is 16.6. The molecule has 0 amide bonds. The van der Waals surface area contributed by atoms with E-state index in [1.54, 1.807) is 26.0 Å². The fraction of sp³-hybridized carbons (Fsp3) is 0.450. The van der Waals surface area contributed by atoms with E-state index in [2.05, 4.69) is 6.58 Å². The van der Waals surface area contributed by atoms with Crippen LogP contribution in [0.15, 0.2) is 46.6 Å². The predicted octanol–water partition coefficient (Wildman–Crippen LogP) is 2.83. The van der Waals surface area contributed by atoms with Gasteiger partial charge in [0, 0.05) is 29.1 Å². The molecule has 132 valence electrons. The monoisotopic (exact) mass is 342 g/mol. The Morgan fingerprint density at radius 3 is 2.68 bits per heavy atom. The van der Waals surface area contributed by atoms with Gasteiger partial charge in [-0.15, -0.1) is 0 Å². The van der Waals surface area contributed by atoms with E-state index in [0.29, 0.717) is 23.1 Å². The molecule has 0 N–H and O–H groups in total. The van der Waals surface area contributed by atoms with Crippen molar-refractivity contribution >= 4 is 17.7 Å². The topological polar surface area (TPSA) is 69.7 Å². The first-order valence-electron chi connectivity index (χ1n) is 8.42. The van der Waals surface area contributed by atoms with Crippen molar-refractivity contribution in [2.45, 2.75) is 46.3 Å². The predicted molar refractivity (Wildman–Crippen MR) is 91.4 cm³/mol. The van der Waals surface area contributed by atoms with E-state index in [1.807, 2.05) is 13.8 Å². The van der Waals surface area contributed by atoms with E-state index in [-0.39, 0.29) is 11.7 Å². The molecular formula is C20H22O5. The minimum atomic E-state index is -0.579. The molecule has 0 spiro atoms. The van der Waals surface area contributed by atoms with Crippen molar-refractivity contribution in [3.05, 3.63) is 46.6 Å². The van der Waals surface area contributed by atoms with Crippen LogP contribution in [0.2, 0.25) is 0 Å².